The Bertz CT molecular complexity index is 629. The van der Waals surface area contributed by atoms with E-state index < -0.39 is 0 Å². The molecule has 0 spiro atoms. The summed E-state index contributed by atoms with van der Waals surface area (Å²) in [5, 5.41) is 11.4. The van der Waals surface area contributed by atoms with Gasteiger partial charge in [-0.1, -0.05) is 12.1 Å². The topological polar surface area (TPSA) is 90.9 Å². The molecule has 0 aliphatic rings. The van der Waals surface area contributed by atoms with Crippen molar-refractivity contribution in [3.8, 4) is 6.07 Å². The molecule has 4 N–H and O–H groups in total. The lowest BCUT2D eigenvalue weighted by molar-refractivity contribution is 0.102. The summed E-state index contributed by atoms with van der Waals surface area (Å²) in [5.74, 6) is 5.09. The molecule has 0 bridgehead atoms. The largest absolute Gasteiger partial charge is 0.323 e. The fraction of sp³-hybridized carbons (Fsp3) is 0. The molecule has 0 saturated heterocycles. The van der Waals surface area contributed by atoms with Gasteiger partial charge in [0.2, 0.25) is 0 Å². The number of nitriles is 1. The van der Waals surface area contributed by atoms with Crippen LogP contribution in [-0.4, -0.2) is 5.91 Å². The Morgan fingerprint density at radius 3 is 2.42 bits per heavy atom. The number of carbonyl (C=O) groups is 1. The fourth-order valence-electron chi connectivity index (χ4n) is 1.63. The van der Waals surface area contributed by atoms with E-state index in [-0.39, 0.29) is 5.91 Å². The van der Waals surface area contributed by atoms with Gasteiger partial charge in [-0.15, -0.1) is 0 Å². The van der Waals surface area contributed by atoms with E-state index in [0.717, 1.165) is 0 Å². The van der Waals surface area contributed by atoms with E-state index in [9.17, 15) is 4.79 Å². The molecule has 0 aliphatic carbocycles. The highest BCUT2D eigenvalue weighted by atomic mass is 16.1. The van der Waals surface area contributed by atoms with Crippen LogP contribution >= 0.6 is 0 Å². The maximum absolute atomic E-state index is 12.1. The van der Waals surface area contributed by atoms with Crippen molar-refractivity contribution in [1.82, 2.24) is 0 Å². The van der Waals surface area contributed by atoms with E-state index in [4.69, 9.17) is 11.1 Å². The van der Waals surface area contributed by atoms with Crippen LogP contribution in [0.4, 0.5) is 11.4 Å². The Hall–Kier alpha value is -2.84. The van der Waals surface area contributed by atoms with Crippen LogP contribution in [0.3, 0.4) is 0 Å². The maximum Gasteiger partial charge on any atom is 0.257 e. The smallest absolute Gasteiger partial charge is 0.257 e. The highest BCUT2D eigenvalue weighted by molar-refractivity contribution is 6.07. The SMILES string of the molecule is N#Cc1ccc(NC(=O)c2ccccc2NN)cc1. The van der Waals surface area contributed by atoms with Crippen molar-refractivity contribution in [3.05, 3.63) is 59.7 Å². The monoisotopic (exact) mass is 252 g/mol. The first kappa shape index (κ1) is 12.6. The van der Waals surface area contributed by atoms with Gasteiger partial charge in [0, 0.05) is 5.69 Å². The number of nitrogens with one attached hydrogen (secondary N) is 2. The molecule has 0 fully saturated rings. The first-order valence-corrected chi connectivity index (χ1v) is 5.62. The zero-order valence-electron chi connectivity index (χ0n) is 10.1. The Labute approximate surface area is 110 Å². The molecule has 5 nitrogen and oxygen atoms in total. The van der Waals surface area contributed by atoms with Gasteiger partial charge >= 0.3 is 0 Å². The van der Waals surface area contributed by atoms with Crippen molar-refractivity contribution < 1.29 is 4.79 Å². The number of rotatable bonds is 3. The normalized spacial score (nSPS) is 9.47. The number of benzene rings is 2. The van der Waals surface area contributed by atoms with Crippen molar-refractivity contribution in [1.29, 1.82) is 5.26 Å². The number of nitrogens with two attached hydrogens (primary N) is 1. The molecular weight excluding hydrogens is 240 g/mol. The summed E-state index contributed by atoms with van der Waals surface area (Å²) in [7, 11) is 0. The third kappa shape index (κ3) is 2.89. The number of carbonyl (C=O) groups excluding carboxylic acids is 1. The van der Waals surface area contributed by atoms with Gasteiger partial charge < -0.3 is 10.7 Å². The zero-order valence-corrected chi connectivity index (χ0v) is 10.1. The van der Waals surface area contributed by atoms with Gasteiger partial charge in [0.25, 0.3) is 5.91 Å². The molecule has 2 aromatic carbocycles. The Morgan fingerprint density at radius 2 is 1.79 bits per heavy atom. The first-order valence-electron chi connectivity index (χ1n) is 5.62. The molecule has 1 amide bonds. The van der Waals surface area contributed by atoms with Gasteiger partial charge in [0.1, 0.15) is 0 Å². The molecule has 0 aromatic heterocycles. The number of nitrogens with zero attached hydrogens (tertiary/aromatic N) is 1. The van der Waals surface area contributed by atoms with Gasteiger partial charge in [-0.3, -0.25) is 10.6 Å². The second-order valence-corrected chi connectivity index (χ2v) is 3.83. The molecule has 5 heteroatoms. The van der Waals surface area contributed by atoms with Gasteiger partial charge in [-0.2, -0.15) is 5.26 Å². The van der Waals surface area contributed by atoms with Gasteiger partial charge in [0.05, 0.1) is 22.9 Å². The van der Waals surface area contributed by atoms with E-state index >= 15 is 0 Å². The second kappa shape index (κ2) is 5.67. The number of hydrogen-bond donors (Lipinski definition) is 3. The summed E-state index contributed by atoms with van der Waals surface area (Å²) in [5.41, 5.74) is 4.64. The van der Waals surface area contributed by atoms with Crippen LogP contribution in [0.2, 0.25) is 0 Å². The minimum Gasteiger partial charge on any atom is -0.323 e. The summed E-state index contributed by atoms with van der Waals surface area (Å²) in [6, 6.07) is 15.6. The molecule has 19 heavy (non-hydrogen) atoms. The van der Waals surface area contributed by atoms with Crippen LogP contribution in [0.1, 0.15) is 15.9 Å². The predicted molar refractivity (Wildman–Crippen MR) is 73.4 cm³/mol. The van der Waals surface area contributed by atoms with Crippen LogP contribution in [-0.2, 0) is 0 Å². The van der Waals surface area contributed by atoms with E-state index in [1.54, 1.807) is 48.5 Å². The van der Waals surface area contributed by atoms with Gasteiger partial charge in [-0.25, -0.2) is 0 Å². The van der Waals surface area contributed by atoms with Gasteiger partial charge in [-0.05, 0) is 36.4 Å². The van der Waals surface area contributed by atoms with Crippen LogP contribution in [0.15, 0.2) is 48.5 Å². The van der Waals surface area contributed by atoms with Crippen molar-refractivity contribution in [2.45, 2.75) is 0 Å². The minimum absolute atomic E-state index is 0.266. The van der Waals surface area contributed by atoms with Gasteiger partial charge in [0.15, 0.2) is 0 Å². The third-order valence-electron chi connectivity index (χ3n) is 2.60. The number of anilines is 2. The van der Waals surface area contributed by atoms with E-state index in [2.05, 4.69) is 10.7 Å². The summed E-state index contributed by atoms with van der Waals surface area (Å²) < 4.78 is 0. The molecule has 0 saturated carbocycles. The van der Waals surface area contributed by atoms with Crippen molar-refractivity contribution in [3.63, 3.8) is 0 Å². The summed E-state index contributed by atoms with van der Waals surface area (Å²) in [6.45, 7) is 0. The van der Waals surface area contributed by atoms with Crippen LogP contribution in [0.5, 0.6) is 0 Å². The summed E-state index contributed by atoms with van der Waals surface area (Å²) >= 11 is 0. The average Bonchev–Trinajstić information content (AvgIpc) is 2.48. The third-order valence-corrected chi connectivity index (χ3v) is 2.60. The van der Waals surface area contributed by atoms with E-state index in [1.807, 2.05) is 6.07 Å². The highest BCUT2D eigenvalue weighted by Gasteiger charge is 2.10. The second-order valence-electron chi connectivity index (χ2n) is 3.83. The average molecular weight is 252 g/mol. The Morgan fingerprint density at radius 1 is 1.11 bits per heavy atom. The summed E-state index contributed by atoms with van der Waals surface area (Å²) in [6.07, 6.45) is 0. The lowest BCUT2D eigenvalue weighted by Gasteiger charge is -2.09. The molecule has 0 aliphatic heterocycles. The first-order chi connectivity index (χ1) is 9.24. The van der Waals surface area contributed by atoms with Crippen molar-refractivity contribution >= 4 is 17.3 Å². The standard InChI is InChI=1S/C14H12N4O/c15-9-10-5-7-11(8-6-10)17-14(19)12-3-1-2-4-13(12)18-16/h1-8,18H,16H2,(H,17,19). The van der Waals surface area contributed by atoms with Crippen LogP contribution in [0, 0.1) is 11.3 Å². The lowest BCUT2D eigenvalue weighted by Crippen LogP contribution is -2.17. The molecule has 0 radical (unpaired) electrons. The molecule has 0 heterocycles. The molecular formula is C14H12N4O. The number of para-hydroxylation sites is 1. The molecule has 2 rings (SSSR count). The van der Waals surface area contributed by atoms with Crippen LogP contribution < -0.4 is 16.6 Å². The number of nitrogen functional groups attached to an aromatic ring is 1. The maximum atomic E-state index is 12.1. The number of hydrazine groups is 1. The van der Waals surface area contributed by atoms with E-state index in [0.29, 0.717) is 22.5 Å². The molecule has 0 atom stereocenters. The molecule has 0 unspecified atom stereocenters. The van der Waals surface area contributed by atoms with Crippen LogP contribution in [0.25, 0.3) is 0 Å². The van der Waals surface area contributed by atoms with Crippen molar-refractivity contribution in [2.24, 2.45) is 5.84 Å². The quantitative estimate of drug-likeness (QED) is 0.576. The lowest BCUT2D eigenvalue weighted by atomic mass is 10.1. The Kier molecular flexibility index (Phi) is 3.76. The molecule has 2 aromatic rings. The zero-order chi connectivity index (χ0) is 13.7. The number of amides is 1. The molecule has 94 valence electrons. The van der Waals surface area contributed by atoms with E-state index in [1.165, 1.54) is 0 Å². The fourth-order valence-corrected chi connectivity index (χ4v) is 1.63. The summed E-state index contributed by atoms with van der Waals surface area (Å²) in [4.78, 5) is 12.1. The number of hydrogen-bond acceptors (Lipinski definition) is 4. The predicted octanol–water partition coefficient (Wildman–Crippen LogP) is 2.10. The minimum atomic E-state index is -0.266. The van der Waals surface area contributed by atoms with Crippen molar-refractivity contribution in [2.75, 3.05) is 10.7 Å². The highest BCUT2D eigenvalue weighted by Crippen LogP contribution is 2.16. The Balaban J connectivity index is 2.18.